The lowest BCUT2D eigenvalue weighted by atomic mass is 10.2. The first-order valence-corrected chi connectivity index (χ1v) is 7.02. The number of nitrogens with one attached hydrogen (secondary N) is 1. The molecule has 1 atom stereocenters. The van der Waals surface area contributed by atoms with Crippen molar-refractivity contribution in [2.75, 3.05) is 6.26 Å². The second-order valence-electron chi connectivity index (χ2n) is 3.93. The number of nitrogens with zero attached hydrogens (tertiary/aromatic N) is 3. The summed E-state index contributed by atoms with van der Waals surface area (Å²) in [6, 6.07) is 8.83. The molecule has 2 aromatic rings. The Bertz CT molecular complexity index is 544. The molecule has 6 heteroatoms. The fourth-order valence-corrected chi connectivity index (χ4v) is 1.79. The van der Waals surface area contributed by atoms with Gasteiger partial charge in [0.15, 0.2) is 0 Å². The largest absolute Gasteiger partial charge is 0.344 e. The lowest BCUT2D eigenvalue weighted by Crippen LogP contribution is -2.27. The predicted molar refractivity (Wildman–Crippen MR) is 73.9 cm³/mol. The lowest BCUT2D eigenvalue weighted by Gasteiger charge is -2.12. The highest BCUT2D eigenvalue weighted by Crippen LogP contribution is 2.11. The minimum Gasteiger partial charge on any atom is -0.344 e. The van der Waals surface area contributed by atoms with E-state index in [0.29, 0.717) is 16.4 Å². The van der Waals surface area contributed by atoms with Crippen LogP contribution in [0.4, 0.5) is 0 Å². The molecule has 0 aliphatic heterocycles. The van der Waals surface area contributed by atoms with Crippen LogP contribution < -0.4 is 5.32 Å². The molecule has 98 valence electrons. The zero-order valence-electron chi connectivity index (χ0n) is 10.7. The monoisotopic (exact) mass is 274 g/mol. The quantitative estimate of drug-likeness (QED) is 0.865. The van der Waals surface area contributed by atoms with E-state index in [2.05, 4.69) is 20.5 Å². The number of thioether (sulfide) groups is 1. The first-order chi connectivity index (χ1) is 9.20. The molecule has 0 radical (unpaired) electrons. The van der Waals surface area contributed by atoms with E-state index in [4.69, 9.17) is 0 Å². The molecule has 1 aromatic carbocycles. The zero-order valence-corrected chi connectivity index (χ0v) is 11.5. The number of benzene rings is 1. The van der Waals surface area contributed by atoms with E-state index >= 15 is 0 Å². The second-order valence-corrected chi connectivity index (χ2v) is 4.70. The zero-order chi connectivity index (χ0) is 13.7. The average Bonchev–Trinajstić information content (AvgIpc) is 2.48. The van der Waals surface area contributed by atoms with Crippen molar-refractivity contribution in [3.63, 3.8) is 0 Å². The Kier molecular flexibility index (Phi) is 4.46. The van der Waals surface area contributed by atoms with Crippen LogP contribution in [0.2, 0.25) is 0 Å². The summed E-state index contributed by atoms with van der Waals surface area (Å²) in [7, 11) is 0. The first-order valence-electron chi connectivity index (χ1n) is 5.80. The van der Waals surface area contributed by atoms with Gasteiger partial charge in [-0.1, -0.05) is 30.0 Å². The molecular weight excluding hydrogens is 260 g/mol. The summed E-state index contributed by atoms with van der Waals surface area (Å²) < 4.78 is 0. The molecule has 19 heavy (non-hydrogen) atoms. The molecule has 2 rings (SSSR count). The normalized spacial score (nSPS) is 11.9. The van der Waals surface area contributed by atoms with Gasteiger partial charge in [-0.25, -0.2) is 4.98 Å². The van der Waals surface area contributed by atoms with Crippen LogP contribution in [-0.4, -0.2) is 27.3 Å². The summed E-state index contributed by atoms with van der Waals surface area (Å²) in [5.74, 6) is -0.135. The summed E-state index contributed by atoms with van der Waals surface area (Å²) in [5, 5.41) is 11.5. The Hall–Kier alpha value is -1.95. The van der Waals surface area contributed by atoms with E-state index in [0.717, 1.165) is 0 Å². The standard InChI is InChI=1S/C13H14N4OS/c1-9(11-8-14-13(19-2)17-16-11)15-12(18)10-6-4-3-5-7-10/h3-9H,1-2H3,(H,15,18)/t9-/m1/s1. The molecule has 0 saturated carbocycles. The third kappa shape index (κ3) is 3.51. The van der Waals surface area contributed by atoms with Gasteiger partial charge in [-0.15, -0.1) is 10.2 Å². The van der Waals surface area contributed by atoms with Crippen LogP contribution in [0.15, 0.2) is 41.7 Å². The maximum atomic E-state index is 12.0. The molecule has 0 spiro atoms. The lowest BCUT2D eigenvalue weighted by molar-refractivity contribution is 0.0939. The van der Waals surface area contributed by atoms with Crippen LogP contribution in [0.25, 0.3) is 0 Å². The Balaban J connectivity index is 2.04. The van der Waals surface area contributed by atoms with Crippen LogP contribution in [0.5, 0.6) is 0 Å². The van der Waals surface area contributed by atoms with Crippen molar-refractivity contribution in [3.8, 4) is 0 Å². The van der Waals surface area contributed by atoms with Gasteiger partial charge in [0.1, 0.15) is 5.69 Å². The van der Waals surface area contributed by atoms with Gasteiger partial charge >= 0.3 is 0 Å². The SMILES string of the molecule is CSc1ncc([C@@H](C)NC(=O)c2ccccc2)nn1. The molecule has 5 nitrogen and oxygen atoms in total. The summed E-state index contributed by atoms with van der Waals surface area (Å²) in [4.78, 5) is 16.1. The topological polar surface area (TPSA) is 67.8 Å². The molecule has 0 aliphatic carbocycles. The molecule has 0 aliphatic rings. The Labute approximate surface area is 115 Å². The molecule has 1 amide bonds. The fourth-order valence-electron chi connectivity index (χ4n) is 1.51. The van der Waals surface area contributed by atoms with Crippen molar-refractivity contribution in [1.29, 1.82) is 0 Å². The van der Waals surface area contributed by atoms with E-state index in [-0.39, 0.29) is 11.9 Å². The number of amides is 1. The number of aromatic nitrogens is 3. The van der Waals surface area contributed by atoms with E-state index in [1.807, 2.05) is 31.4 Å². The highest BCUT2D eigenvalue weighted by Gasteiger charge is 2.13. The van der Waals surface area contributed by atoms with Crippen molar-refractivity contribution < 1.29 is 4.79 Å². The third-order valence-electron chi connectivity index (χ3n) is 2.57. The predicted octanol–water partition coefficient (Wildman–Crippen LogP) is 2.08. The Morgan fingerprint density at radius 3 is 2.58 bits per heavy atom. The van der Waals surface area contributed by atoms with Crippen LogP contribution in [0, 0.1) is 0 Å². The number of hydrogen-bond donors (Lipinski definition) is 1. The van der Waals surface area contributed by atoms with Crippen molar-refractivity contribution in [2.24, 2.45) is 0 Å². The molecule has 0 fully saturated rings. The van der Waals surface area contributed by atoms with Gasteiger partial charge in [-0.3, -0.25) is 4.79 Å². The van der Waals surface area contributed by atoms with Crippen molar-refractivity contribution in [1.82, 2.24) is 20.5 Å². The van der Waals surface area contributed by atoms with E-state index in [1.165, 1.54) is 11.8 Å². The number of carbonyl (C=O) groups is 1. The van der Waals surface area contributed by atoms with Crippen LogP contribution in [0.1, 0.15) is 29.0 Å². The van der Waals surface area contributed by atoms with Gasteiger partial charge in [0.25, 0.3) is 5.91 Å². The number of rotatable bonds is 4. The van der Waals surface area contributed by atoms with Crippen molar-refractivity contribution >= 4 is 17.7 Å². The molecule has 0 saturated heterocycles. The van der Waals surface area contributed by atoms with E-state index < -0.39 is 0 Å². The maximum Gasteiger partial charge on any atom is 0.251 e. The highest BCUT2D eigenvalue weighted by atomic mass is 32.2. The molecule has 1 N–H and O–H groups in total. The van der Waals surface area contributed by atoms with Gasteiger partial charge in [0.2, 0.25) is 5.16 Å². The molecule has 1 aromatic heterocycles. The second kappa shape index (κ2) is 6.29. The molecule has 0 bridgehead atoms. The average molecular weight is 274 g/mol. The summed E-state index contributed by atoms with van der Waals surface area (Å²) in [6.45, 7) is 1.85. The highest BCUT2D eigenvalue weighted by molar-refractivity contribution is 7.98. The first kappa shape index (κ1) is 13.5. The summed E-state index contributed by atoms with van der Waals surface area (Å²) in [5.41, 5.74) is 1.26. The van der Waals surface area contributed by atoms with Gasteiger partial charge in [0, 0.05) is 5.56 Å². The molecule has 1 heterocycles. The minimum absolute atomic E-state index is 0.135. The van der Waals surface area contributed by atoms with Crippen molar-refractivity contribution in [3.05, 3.63) is 47.8 Å². The molecule has 0 unspecified atom stereocenters. The van der Waals surface area contributed by atoms with Crippen LogP contribution in [-0.2, 0) is 0 Å². The number of hydrogen-bond acceptors (Lipinski definition) is 5. The van der Waals surface area contributed by atoms with Gasteiger partial charge < -0.3 is 5.32 Å². The van der Waals surface area contributed by atoms with Crippen molar-refractivity contribution in [2.45, 2.75) is 18.1 Å². The maximum absolute atomic E-state index is 12.0. The Morgan fingerprint density at radius 2 is 2.00 bits per heavy atom. The fraction of sp³-hybridized carbons (Fsp3) is 0.231. The van der Waals surface area contributed by atoms with Crippen LogP contribution in [0.3, 0.4) is 0 Å². The van der Waals surface area contributed by atoms with Gasteiger partial charge in [-0.2, -0.15) is 0 Å². The van der Waals surface area contributed by atoms with E-state index in [9.17, 15) is 4.79 Å². The third-order valence-corrected chi connectivity index (χ3v) is 3.12. The van der Waals surface area contributed by atoms with Gasteiger partial charge in [0.05, 0.1) is 12.2 Å². The molecular formula is C13H14N4OS. The number of carbonyl (C=O) groups excluding carboxylic acids is 1. The van der Waals surface area contributed by atoms with Gasteiger partial charge in [-0.05, 0) is 25.3 Å². The minimum atomic E-state index is -0.233. The smallest absolute Gasteiger partial charge is 0.251 e. The summed E-state index contributed by atoms with van der Waals surface area (Å²) in [6.07, 6.45) is 3.52. The van der Waals surface area contributed by atoms with E-state index in [1.54, 1.807) is 18.3 Å². The Morgan fingerprint density at radius 1 is 1.26 bits per heavy atom. The van der Waals surface area contributed by atoms with Crippen LogP contribution >= 0.6 is 11.8 Å². The summed E-state index contributed by atoms with van der Waals surface area (Å²) >= 11 is 1.43.